The van der Waals surface area contributed by atoms with Crippen LogP contribution in [0.3, 0.4) is 0 Å². The molecule has 0 aliphatic heterocycles. The average molecular weight is 1140 g/mol. The molecule has 450 valence electrons. The maximum atomic E-state index is 15.3. The van der Waals surface area contributed by atoms with Crippen LogP contribution in [0.2, 0.25) is 0 Å². The topological polar surface area (TPSA) is 291 Å². The van der Waals surface area contributed by atoms with Gasteiger partial charge in [-0.25, -0.2) is 3.63 Å². The number of carboxylic acid groups (broad SMARTS) is 1. The normalized spacial score (nSPS) is 14.2. The Labute approximate surface area is 466 Å². The van der Waals surface area contributed by atoms with E-state index in [0.29, 0.717) is 11.0 Å². The average Bonchev–Trinajstić information content (AvgIpc) is 3.33. The highest BCUT2D eigenvalue weighted by Crippen LogP contribution is 2.31. The van der Waals surface area contributed by atoms with E-state index < -0.39 is 98.6 Å². The molecule has 0 aliphatic carbocycles. The van der Waals surface area contributed by atoms with E-state index in [1.165, 1.54) is 58.8 Å². The predicted octanol–water partition coefficient (Wildman–Crippen LogP) is 5.14. The highest BCUT2D eigenvalue weighted by atomic mass is 32.3. The molecule has 5 atom stereocenters. The Morgan fingerprint density at radius 2 is 1.01 bits per heavy atom. The van der Waals surface area contributed by atoms with Crippen molar-refractivity contribution in [2.45, 2.75) is 182 Å². The largest absolute Gasteiger partial charge is 0.550 e. The molecule has 23 heteroatoms. The third-order valence-corrected chi connectivity index (χ3v) is 15.2. The highest BCUT2D eigenvalue weighted by Gasteiger charge is 2.40. The van der Waals surface area contributed by atoms with Crippen LogP contribution in [0, 0.1) is 29.6 Å². The van der Waals surface area contributed by atoms with Gasteiger partial charge >= 0.3 is 17.9 Å². The smallest absolute Gasteiger partial charge is 0.308 e. The fourth-order valence-electron chi connectivity index (χ4n) is 9.45. The first-order valence-electron chi connectivity index (χ1n) is 28.0. The predicted molar refractivity (Wildman–Crippen MR) is 293 cm³/mol. The molecule has 0 spiro atoms. The van der Waals surface area contributed by atoms with Crippen molar-refractivity contribution in [3.8, 4) is 0 Å². The maximum Gasteiger partial charge on any atom is 0.308 e. The minimum absolute atomic E-state index is 0.128. The number of aliphatic carboxylic acids is 1. The van der Waals surface area contributed by atoms with Gasteiger partial charge in [0, 0.05) is 35.6 Å². The van der Waals surface area contributed by atoms with Gasteiger partial charge in [0.05, 0.1) is 117 Å². The van der Waals surface area contributed by atoms with Crippen molar-refractivity contribution in [3.63, 3.8) is 0 Å². The number of carboxylic acids is 1. The third-order valence-electron chi connectivity index (χ3n) is 13.2. The quantitative estimate of drug-likeness (QED) is 0.0153. The lowest BCUT2D eigenvalue weighted by Crippen LogP contribution is -2.60. The van der Waals surface area contributed by atoms with E-state index in [9.17, 15) is 42.3 Å². The maximum absolute atomic E-state index is 15.3. The molecule has 0 rings (SSSR count). The van der Waals surface area contributed by atoms with Gasteiger partial charge in [0.2, 0.25) is 17.7 Å². The first-order chi connectivity index (χ1) is 36.2. The molecule has 0 aromatic heterocycles. The summed E-state index contributed by atoms with van der Waals surface area (Å²) in [6.45, 7) is 14.0. The Kier molecular flexibility index (Phi) is 38.6. The molecular weight excluding hydrogens is 1040 g/mol. The number of primary amides is 1. The van der Waals surface area contributed by atoms with Gasteiger partial charge < -0.3 is 59.2 Å². The van der Waals surface area contributed by atoms with Gasteiger partial charge in [-0.2, -0.15) is 8.42 Å². The number of rotatable bonds is 49. The van der Waals surface area contributed by atoms with Gasteiger partial charge in [-0.05, 0) is 92.5 Å². The Bertz CT molecular complexity index is 1770. The fourth-order valence-corrected chi connectivity index (χ4v) is 10.6. The van der Waals surface area contributed by atoms with Crippen LogP contribution in [0.25, 0.3) is 0 Å². The van der Waals surface area contributed by atoms with Crippen molar-refractivity contribution in [1.82, 2.24) is 10.6 Å². The number of nitrogens with zero attached hydrogens (tertiary/aromatic N) is 1. The fraction of sp³-hybridized carbons (Fsp3) is 0.870. The number of unbranched alkanes of at least 4 members (excludes halogenated alkanes) is 9. The number of ether oxygens (including phenoxy) is 6. The lowest BCUT2D eigenvalue weighted by atomic mass is 9.79. The second kappa shape index (κ2) is 40.5. The molecule has 0 heterocycles. The van der Waals surface area contributed by atoms with Crippen molar-refractivity contribution in [2.24, 2.45) is 35.3 Å². The molecule has 0 saturated carbocycles. The Hall–Kier alpha value is -3.61. The molecule has 21 nitrogen and oxygen atoms in total. The Morgan fingerprint density at radius 3 is 1.42 bits per heavy atom. The van der Waals surface area contributed by atoms with Crippen molar-refractivity contribution in [2.75, 3.05) is 92.4 Å². The van der Waals surface area contributed by atoms with Crippen LogP contribution in [0.5, 0.6) is 0 Å². The van der Waals surface area contributed by atoms with E-state index in [0.717, 1.165) is 25.8 Å². The zero-order valence-corrected chi connectivity index (χ0v) is 50.1. The molecule has 0 aromatic carbocycles. The summed E-state index contributed by atoms with van der Waals surface area (Å²) in [5.74, 6) is -10.9. The molecule has 3 amide bonds. The zero-order valence-electron chi connectivity index (χ0n) is 48.4. The number of carbonyl (C=O) groups is 7. The second-order valence-corrected chi connectivity index (χ2v) is 23.7. The zero-order chi connectivity index (χ0) is 58.5. The second-order valence-electron chi connectivity index (χ2n) is 21.7. The lowest BCUT2D eigenvalue weighted by molar-refractivity contribution is -0.893. The minimum Gasteiger partial charge on any atom is -0.550 e. The van der Waals surface area contributed by atoms with E-state index in [4.69, 9.17) is 34.2 Å². The van der Waals surface area contributed by atoms with Crippen LogP contribution >= 0.6 is 12.9 Å². The van der Waals surface area contributed by atoms with Crippen LogP contribution in [-0.2, 0) is 75.7 Å². The standard InChI is InChI=1S/C54H100N4O17S2/c1-11-16-17-18-19-20-21-22-23-24-28-58(9,10)36-41(6)32-43(50(63)56-53(7,8)40-77(67,68)75-76)34-44(35-45(52(65)66)33-42(12-2)49(55)62)51(64)57-54(37-69-29-25-46(59)72-13-3,38-70-30-26-47(60)73-14-4)39-71-31-27-48(61)74-15-5/h41-45H,11-40H2,1-10H3,(H5-,55,56,57,62,63,64,65,66,76). The number of nitrogens with two attached hydrogens (primary N) is 1. The monoisotopic (exact) mass is 1140 g/mol. The number of esters is 3. The van der Waals surface area contributed by atoms with Gasteiger partial charge in [-0.3, -0.25) is 28.8 Å². The number of nitrogens with one attached hydrogen (secondary N) is 2. The number of quaternary nitrogens is 1. The summed E-state index contributed by atoms with van der Waals surface area (Å²) in [7, 11) is 0.0217. The van der Waals surface area contributed by atoms with Gasteiger partial charge in [0.15, 0.2) is 0 Å². The molecule has 77 heavy (non-hydrogen) atoms. The minimum atomic E-state index is -4.21. The van der Waals surface area contributed by atoms with Crippen molar-refractivity contribution in [1.29, 1.82) is 0 Å². The highest BCUT2D eigenvalue weighted by molar-refractivity contribution is 7.95. The number of hydrogen-bond acceptors (Lipinski definition) is 18. The van der Waals surface area contributed by atoms with Crippen LogP contribution < -0.4 is 21.5 Å². The first-order valence-corrected chi connectivity index (χ1v) is 29.9. The molecule has 0 bridgehead atoms. The molecule has 0 saturated heterocycles. The summed E-state index contributed by atoms with van der Waals surface area (Å²) in [5, 5.41) is 18.8. The van der Waals surface area contributed by atoms with Gasteiger partial charge in [0.1, 0.15) is 5.54 Å². The number of thiol groups is 1. The van der Waals surface area contributed by atoms with Crippen LogP contribution in [0.4, 0.5) is 0 Å². The molecule has 0 fully saturated rings. The molecular formula is C54H100N4O17S2. The van der Waals surface area contributed by atoms with E-state index in [2.05, 4.69) is 48.2 Å². The SMILES string of the molecule is CCCCCCCCCCCC[N+](C)(C)CC(C)CC(CC(CC(CC(CC)C(N)=O)C(=O)[O-])C(=O)NC(COCCC(=O)OCC)(COCCC(=O)OCC)COCCC(=O)OCC)C(=O)NC(C)(C)CS(=O)(=O)OS. The van der Waals surface area contributed by atoms with E-state index in [1.54, 1.807) is 27.7 Å². The van der Waals surface area contributed by atoms with Crippen LogP contribution in [0.15, 0.2) is 0 Å². The molecule has 0 radical (unpaired) electrons. The van der Waals surface area contributed by atoms with Gasteiger partial charge in [-0.15, -0.1) is 0 Å². The summed E-state index contributed by atoms with van der Waals surface area (Å²) in [4.78, 5) is 92.6. The number of carbonyl (C=O) groups excluding carboxylic acids is 7. The summed E-state index contributed by atoms with van der Waals surface area (Å²) in [6.07, 6.45) is 10.8. The van der Waals surface area contributed by atoms with E-state index in [-0.39, 0.29) is 110 Å². The first kappa shape index (κ1) is 73.4. The number of hydrogen-bond donors (Lipinski definition) is 4. The van der Waals surface area contributed by atoms with Crippen LogP contribution in [0.1, 0.15) is 171 Å². The summed E-state index contributed by atoms with van der Waals surface area (Å²) in [6, 6.07) is 0. The van der Waals surface area contributed by atoms with Crippen molar-refractivity contribution in [3.05, 3.63) is 0 Å². The third kappa shape index (κ3) is 35.6. The number of amides is 3. The Morgan fingerprint density at radius 1 is 0.610 bits per heavy atom. The van der Waals surface area contributed by atoms with Gasteiger partial charge in [0.25, 0.3) is 10.1 Å². The van der Waals surface area contributed by atoms with E-state index >= 15 is 4.79 Å². The molecule has 4 N–H and O–H groups in total. The van der Waals surface area contributed by atoms with Crippen molar-refractivity contribution >= 4 is 64.6 Å². The summed E-state index contributed by atoms with van der Waals surface area (Å²) < 4.78 is 63.4. The lowest BCUT2D eigenvalue weighted by Gasteiger charge is -2.37. The molecule has 5 unspecified atom stereocenters. The molecule has 0 aliphatic rings. The van der Waals surface area contributed by atoms with Crippen LogP contribution in [-0.4, -0.2) is 158 Å². The van der Waals surface area contributed by atoms with Gasteiger partial charge in [-0.1, -0.05) is 72.1 Å². The summed E-state index contributed by atoms with van der Waals surface area (Å²) in [5.41, 5.74) is 2.62. The van der Waals surface area contributed by atoms with Crippen molar-refractivity contribution < 1.29 is 83.6 Å². The Balaban J connectivity index is 7.52. The van der Waals surface area contributed by atoms with E-state index in [1.807, 2.05) is 6.92 Å². The summed E-state index contributed by atoms with van der Waals surface area (Å²) >= 11 is 3.50. The molecule has 0 aromatic rings.